The van der Waals surface area contributed by atoms with Gasteiger partial charge in [0.25, 0.3) is 0 Å². The topological polar surface area (TPSA) is 54.5 Å². The van der Waals surface area contributed by atoms with E-state index in [1.807, 2.05) is 0 Å². The van der Waals surface area contributed by atoms with E-state index in [-0.39, 0.29) is 22.6 Å². The van der Waals surface area contributed by atoms with Crippen LogP contribution < -0.4 is 4.90 Å². The Morgan fingerprint density at radius 3 is 2.22 bits per heavy atom. The number of hydrogen-bond donors (Lipinski definition) is 0. The zero-order chi connectivity index (χ0) is 16.5. The molecule has 1 saturated heterocycles. The molecule has 0 radical (unpaired) electrons. The zero-order valence-electron chi connectivity index (χ0n) is 11.9. The highest BCUT2D eigenvalue weighted by atomic mass is 79.9. The number of nitrogens with zero attached hydrogens (tertiary/aromatic N) is 1. The van der Waals surface area contributed by atoms with Crippen molar-refractivity contribution >= 4 is 39.2 Å². The number of fused-ring (bicyclic) bond motifs is 2. The highest BCUT2D eigenvalue weighted by Gasteiger charge is 2.61. The van der Waals surface area contributed by atoms with E-state index in [0.717, 1.165) is 12.1 Å². The van der Waals surface area contributed by atoms with E-state index in [2.05, 4.69) is 15.9 Å². The summed E-state index contributed by atoms with van der Waals surface area (Å²) in [6, 6.07) is 2.03. The Labute approximate surface area is 139 Å². The van der Waals surface area contributed by atoms with Crippen LogP contribution in [-0.2, 0) is 14.4 Å². The van der Waals surface area contributed by atoms with Crippen LogP contribution in [0.4, 0.5) is 14.5 Å². The second-order valence-electron chi connectivity index (χ2n) is 6.40. The summed E-state index contributed by atoms with van der Waals surface area (Å²) < 4.78 is 28.6. The largest absolute Gasteiger partial charge is 0.299 e. The minimum absolute atomic E-state index is 0.0118. The van der Waals surface area contributed by atoms with E-state index >= 15 is 0 Å². The van der Waals surface area contributed by atoms with Crippen LogP contribution in [0.15, 0.2) is 16.6 Å². The van der Waals surface area contributed by atoms with Crippen molar-refractivity contribution in [3.63, 3.8) is 0 Å². The van der Waals surface area contributed by atoms with Gasteiger partial charge in [0.15, 0.2) is 11.6 Å². The molecule has 3 aliphatic carbocycles. The molecule has 5 rings (SSSR count). The van der Waals surface area contributed by atoms with Gasteiger partial charge in [0.1, 0.15) is 11.5 Å². The fraction of sp³-hybridized carbons (Fsp3) is 0.438. The number of anilines is 1. The maximum absolute atomic E-state index is 14.2. The van der Waals surface area contributed by atoms with Gasteiger partial charge >= 0.3 is 0 Å². The molecule has 7 heteroatoms. The minimum Gasteiger partial charge on any atom is -0.299 e. The van der Waals surface area contributed by atoms with Crippen LogP contribution in [0.1, 0.15) is 19.3 Å². The summed E-state index contributed by atoms with van der Waals surface area (Å²) in [6.45, 7) is 0. The van der Waals surface area contributed by atoms with E-state index in [1.54, 1.807) is 0 Å². The van der Waals surface area contributed by atoms with Crippen molar-refractivity contribution in [1.29, 1.82) is 0 Å². The highest BCUT2D eigenvalue weighted by molar-refractivity contribution is 9.10. The SMILES string of the molecule is O=C1C[C@H]2CC[C@@H]1[C@H]1C(=O)N(c3c(F)cc(Br)cc3F)C(=O)[C@@H]21. The highest BCUT2D eigenvalue weighted by Crippen LogP contribution is 2.52. The summed E-state index contributed by atoms with van der Waals surface area (Å²) in [5, 5.41) is 0. The first-order chi connectivity index (χ1) is 10.9. The number of rotatable bonds is 1. The van der Waals surface area contributed by atoms with Gasteiger partial charge in [-0.1, -0.05) is 15.9 Å². The van der Waals surface area contributed by atoms with Crippen molar-refractivity contribution in [2.75, 3.05) is 4.90 Å². The smallest absolute Gasteiger partial charge is 0.238 e. The Kier molecular flexibility index (Phi) is 3.20. The molecule has 3 saturated carbocycles. The third kappa shape index (κ3) is 1.95. The Morgan fingerprint density at radius 2 is 1.61 bits per heavy atom. The van der Waals surface area contributed by atoms with Crippen LogP contribution >= 0.6 is 15.9 Å². The fourth-order valence-electron chi connectivity index (χ4n) is 4.35. The maximum Gasteiger partial charge on any atom is 0.238 e. The number of Topliss-reactive ketones (excluding diaryl/α,β-unsaturated/α-hetero) is 1. The van der Waals surface area contributed by atoms with E-state index in [0.29, 0.717) is 17.7 Å². The number of carbonyl (C=O) groups excluding carboxylic acids is 3. The average Bonchev–Trinajstić information content (AvgIpc) is 2.74. The number of ketones is 1. The first-order valence-corrected chi connectivity index (χ1v) is 8.24. The van der Waals surface area contributed by atoms with Crippen molar-refractivity contribution < 1.29 is 23.2 Å². The lowest BCUT2D eigenvalue weighted by atomic mass is 9.59. The molecule has 0 N–H and O–H groups in total. The van der Waals surface area contributed by atoms with E-state index < -0.39 is 46.9 Å². The molecular weight excluding hydrogens is 372 g/mol. The summed E-state index contributed by atoms with van der Waals surface area (Å²) in [5.41, 5.74) is -0.635. The number of amides is 2. The molecule has 120 valence electrons. The van der Waals surface area contributed by atoms with E-state index in [4.69, 9.17) is 0 Å². The van der Waals surface area contributed by atoms with Gasteiger partial charge < -0.3 is 0 Å². The lowest BCUT2D eigenvalue weighted by Gasteiger charge is -2.41. The van der Waals surface area contributed by atoms with Crippen LogP contribution in [-0.4, -0.2) is 17.6 Å². The van der Waals surface area contributed by atoms with Crippen LogP contribution in [0, 0.1) is 35.3 Å². The molecule has 0 aromatic heterocycles. The zero-order valence-corrected chi connectivity index (χ0v) is 13.5. The summed E-state index contributed by atoms with van der Waals surface area (Å²) >= 11 is 2.97. The molecular formula is C16H12BrF2NO3. The van der Waals surface area contributed by atoms with Crippen molar-refractivity contribution in [2.45, 2.75) is 19.3 Å². The van der Waals surface area contributed by atoms with Gasteiger partial charge in [-0.25, -0.2) is 13.7 Å². The quantitative estimate of drug-likeness (QED) is 0.700. The molecule has 2 bridgehead atoms. The first-order valence-electron chi connectivity index (χ1n) is 7.45. The predicted molar refractivity (Wildman–Crippen MR) is 79.4 cm³/mol. The van der Waals surface area contributed by atoms with Gasteiger partial charge in [0.05, 0.1) is 11.8 Å². The summed E-state index contributed by atoms with van der Waals surface area (Å²) in [5.74, 6) is -5.26. The molecule has 4 atom stereocenters. The van der Waals surface area contributed by atoms with Gasteiger partial charge in [0, 0.05) is 16.8 Å². The molecule has 1 aromatic carbocycles. The normalized spacial score (nSPS) is 32.7. The maximum atomic E-state index is 14.2. The molecule has 0 spiro atoms. The molecule has 1 aromatic rings. The van der Waals surface area contributed by atoms with Crippen molar-refractivity contribution in [3.05, 3.63) is 28.2 Å². The number of hydrogen-bond acceptors (Lipinski definition) is 3. The fourth-order valence-corrected chi connectivity index (χ4v) is 4.75. The van der Waals surface area contributed by atoms with Gasteiger partial charge in [-0.15, -0.1) is 0 Å². The van der Waals surface area contributed by atoms with Crippen molar-refractivity contribution in [3.8, 4) is 0 Å². The van der Waals surface area contributed by atoms with Crippen LogP contribution in [0.25, 0.3) is 0 Å². The van der Waals surface area contributed by atoms with Gasteiger partial charge in [-0.05, 0) is 30.9 Å². The second-order valence-corrected chi connectivity index (χ2v) is 7.31. The Morgan fingerprint density at radius 1 is 1.00 bits per heavy atom. The van der Waals surface area contributed by atoms with Crippen molar-refractivity contribution in [2.24, 2.45) is 23.7 Å². The molecule has 2 amide bonds. The number of halogens is 3. The Hall–Kier alpha value is -1.63. The lowest BCUT2D eigenvalue weighted by molar-refractivity contribution is -0.143. The first kappa shape index (κ1) is 14.9. The predicted octanol–water partition coefficient (Wildman–Crippen LogP) is 2.83. The van der Waals surface area contributed by atoms with Gasteiger partial charge in [0.2, 0.25) is 11.8 Å². The summed E-state index contributed by atoms with van der Waals surface area (Å²) in [6.07, 6.45) is 1.56. The molecule has 23 heavy (non-hydrogen) atoms. The van der Waals surface area contributed by atoms with Crippen LogP contribution in [0.3, 0.4) is 0 Å². The summed E-state index contributed by atoms with van der Waals surface area (Å²) in [4.78, 5) is 38.0. The second kappa shape index (κ2) is 4.93. The van der Waals surface area contributed by atoms with E-state index in [1.165, 1.54) is 0 Å². The Bertz CT molecular complexity index is 743. The minimum atomic E-state index is -0.976. The van der Waals surface area contributed by atoms with E-state index in [9.17, 15) is 23.2 Å². The van der Waals surface area contributed by atoms with Gasteiger partial charge in [-0.3, -0.25) is 14.4 Å². The standard InChI is InChI=1S/C16H12BrF2NO3/c17-7-4-9(18)14(10(19)5-7)20-15(22)12-6-1-2-8(11(21)3-6)13(12)16(20)23/h4-6,8,12-13H,1-3H2/t6-,8+,12+,13-/m1/s1. The molecule has 1 aliphatic heterocycles. The average molecular weight is 384 g/mol. The lowest BCUT2D eigenvalue weighted by Crippen LogP contribution is -2.46. The molecule has 0 unspecified atom stereocenters. The summed E-state index contributed by atoms with van der Waals surface area (Å²) in [7, 11) is 0. The number of benzene rings is 1. The van der Waals surface area contributed by atoms with Crippen molar-refractivity contribution in [1.82, 2.24) is 0 Å². The van der Waals surface area contributed by atoms with Gasteiger partial charge in [-0.2, -0.15) is 0 Å². The monoisotopic (exact) mass is 383 g/mol. The molecule has 4 aliphatic rings. The number of carbonyl (C=O) groups is 3. The third-order valence-corrected chi connectivity index (χ3v) is 5.73. The Balaban J connectivity index is 1.82. The molecule has 4 fully saturated rings. The van der Waals surface area contributed by atoms with Crippen LogP contribution in [0.2, 0.25) is 0 Å². The number of imide groups is 1. The third-order valence-electron chi connectivity index (χ3n) is 5.27. The molecule has 4 nitrogen and oxygen atoms in total. The van der Waals surface area contributed by atoms with Crippen LogP contribution in [0.5, 0.6) is 0 Å². The molecule has 1 heterocycles.